The van der Waals surface area contributed by atoms with E-state index in [0.717, 1.165) is 29.5 Å². The first-order valence-electron chi connectivity index (χ1n) is 10.0. The Morgan fingerprint density at radius 2 is 2.04 bits per heavy atom. The maximum atomic E-state index is 12.4. The Labute approximate surface area is 163 Å². The van der Waals surface area contributed by atoms with Crippen molar-refractivity contribution >= 4 is 28.0 Å². The van der Waals surface area contributed by atoms with Crippen molar-refractivity contribution in [3.63, 3.8) is 0 Å². The van der Waals surface area contributed by atoms with E-state index >= 15 is 0 Å². The minimum Gasteiger partial charge on any atom is -0.494 e. The lowest BCUT2D eigenvalue weighted by Crippen LogP contribution is -2.38. The second-order valence-corrected chi connectivity index (χ2v) is 7.57. The predicted octanol–water partition coefficient (Wildman–Crippen LogP) is 3.35. The number of amides is 1. The monoisotopic (exact) mass is 382 g/mol. The average molecular weight is 382 g/mol. The number of H-pyrrole nitrogens is 2. The van der Waals surface area contributed by atoms with Crippen LogP contribution in [0.25, 0.3) is 22.1 Å². The molecular weight excluding hydrogens is 356 g/mol. The van der Waals surface area contributed by atoms with Gasteiger partial charge in [-0.15, -0.1) is 0 Å². The Kier molecular flexibility index (Phi) is 5.32. The summed E-state index contributed by atoms with van der Waals surface area (Å²) in [7, 11) is 1.93. The highest BCUT2D eigenvalue weighted by atomic mass is 16.5. The lowest BCUT2D eigenvalue weighted by molar-refractivity contribution is -0.132. The third-order valence-corrected chi connectivity index (χ3v) is 5.59. The van der Waals surface area contributed by atoms with E-state index in [9.17, 15) is 9.59 Å². The zero-order valence-corrected chi connectivity index (χ0v) is 16.2. The first-order valence-corrected chi connectivity index (χ1v) is 10.0. The average Bonchev–Trinajstić information content (AvgIpc) is 3.08. The van der Waals surface area contributed by atoms with Crippen LogP contribution < -0.4 is 10.4 Å². The van der Waals surface area contributed by atoms with Crippen LogP contribution in [0.2, 0.25) is 0 Å². The van der Waals surface area contributed by atoms with Crippen LogP contribution in [-0.2, 0) is 4.79 Å². The lowest BCUT2D eigenvalue weighted by atomic mass is 9.94. The standard InChI is InChI=1S/C21H26N4O3/c1-25(15-6-3-2-4-7-15)19(26)8-5-11-28-16-9-10-17-14(12-16)13-18-20(22-17)24-21(27)23-18/h9-10,12-13,15H,2-8,11H2,1H3,(H2,22,23,24,27). The van der Waals surface area contributed by atoms with E-state index in [1.165, 1.54) is 19.3 Å². The van der Waals surface area contributed by atoms with Crippen molar-refractivity contribution in [2.75, 3.05) is 13.7 Å². The van der Waals surface area contributed by atoms with Crippen molar-refractivity contribution in [1.29, 1.82) is 0 Å². The predicted molar refractivity (Wildman–Crippen MR) is 109 cm³/mol. The number of pyridine rings is 1. The number of imidazole rings is 1. The molecule has 1 saturated carbocycles. The van der Waals surface area contributed by atoms with Crippen molar-refractivity contribution in [3.05, 3.63) is 34.7 Å². The number of ether oxygens (including phenoxy) is 1. The minimum absolute atomic E-state index is 0.206. The van der Waals surface area contributed by atoms with Crippen LogP contribution in [0, 0.1) is 0 Å². The number of rotatable bonds is 6. The number of hydrogen-bond acceptors (Lipinski definition) is 4. The lowest BCUT2D eigenvalue weighted by Gasteiger charge is -2.31. The zero-order chi connectivity index (χ0) is 19.5. The number of benzene rings is 1. The van der Waals surface area contributed by atoms with Gasteiger partial charge in [-0.25, -0.2) is 9.78 Å². The maximum Gasteiger partial charge on any atom is 0.325 e. The number of nitrogens with one attached hydrogen (secondary N) is 2. The Bertz CT molecular complexity index is 1030. The van der Waals surface area contributed by atoms with Gasteiger partial charge in [0.2, 0.25) is 5.91 Å². The third-order valence-electron chi connectivity index (χ3n) is 5.59. The molecule has 1 aliphatic carbocycles. The molecule has 2 N–H and O–H groups in total. The molecule has 0 aliphatic heterocycles. The molecule has 3 aromatic rings. The van der Waals surface area contributed by atoms with Gasteiger partial charge in [0, 0.05) is 24.9 Å². The normalized spacial score (nSPS) is 15.2. The summed E-state index contributed by atoms with van der Waals surface area (Å²) < 4.78 is 5.83. The second kappa shape index (κ2) is 8.04. The second-order valence-electron chi connectivity index (χ2n) is 7.57. The summed E-state index contributed by atoms with van der Waals surface area (Å²) in [6.45, 7) is 0.492. The van der Waals surface area contributed by atoms with E-state index in [0.29, 0.717) is 36.7 Å². The van der Waals surface area contributed by atoms with Gasteiger partial charge in [0.25, 0.3) is 0 Å². The fraction of sp³-hybridized carbons (Fsp3) is 0.476. The largest absolute Gasteiger partial charge is 0.494 e. The molecule has 1 aromatic carbocycles. The first kappa shape index (κ1) is 18.5. The topological polar surface area (TPSA) is 91.1 Å². The highest BCUT2D eigenvalue weighted by Gasteiger charge is 2.21. The van der Waals surface area contributed by atoms with Gasteiger partial charge >= 0.3 is 5.69 Å². The van der Waals surface area contributed by atoms with Gasteiger partial charge in [0.15, 0.2) is 5.65 Å². The molecule has 7 heteroatoms. The van der Waals surface area contributed by atoms with Gasteiger partial charge < -0.3 is 14.6 Å². The number of aromatic amines is 2. The number of carbonyl (C=O) groups is 1. The van der Waals surface area contributed by atoms with Gasteiger partial charge in [-0.2, -0.15) is 0 Å². The van der Waals surface area contributed by atoms with Gasteiger partial charge in [-0.3, -0.25) is 9.78 Å². The number of hydrogen-bond donors (Lipinski definition) is 2. The number of aromatic nitrogens is 3. The Morgan fingerprint density at radius 1 is 1.21 bits per heavy atom. The molecule has 0 unspecified atom stereocenters. The van der Waals surface area contributed by atoms with Crippen LogP contribution >= 0.6 is 0 Å². The fourth-order valence-electron chi connectivity index (χ4n) is 3.96. The minimum atomic E-state index is -0.267. The van der Waals surface area contributed by atoms with E-state index in [1.807, 2.05) is 36.2 Å². The smallest absolute Gasteiger partial charge is 0.325 e. The van der Waals surface area contributed by atoms with Crippen LogP contribution in [0.15, 0.2) is 29.1 Å². The Balaban J connectivity index is 1.31. The molecule has 0 saturated heterocycles. The number of fused-ring (bicyclic) bond motifs is 2. The molecule has 148 valence electrons. The van der Waals surface area contributed by atoms with Crippen LogP contribution in [-0.4, -0.2) is 45.5 Å². The van der Waals surface area contributed by atoms with Crippen molar-refractivity contribution in [2.24, 2.45) is 0 Å². The molecule has 2 aromatic heterocycles. The van der Waals surface area contributed by atoms with Gasteiger partial charge in [-0.05, 0) is 43.5 Å². The molecule has 28 heavy (non-hydrogen) atoms. The van der Waals surface area contributed by atoms with Crippen LogP contribution in [0.5, 0.6) is 5.75 Å². The summed E-state index contributed by atoms with van der Waals surface area (Å²) in [5.41, 5.74) is 1.74. The summed E-state index contributed by atoms with van der Waals surface area (Å²) >= 11 is 0. The fourth-order valence-corrected chi connectivity index (χ4v) is 3.96. The van der Waals surface area contributed by atoms with Crippen molar-refractivity contribution in [3.8, 4) is 5.75 Å². The molecule has 0 bridgehead atoms. The third kappa shape index (κ3) is 4.03. The SMILES string of the molecule is CN(C(=O)CCCOc1ccc2nc3[nH]c(=O)[nH]c3cc2c1)C1CCCCC1. The highest BCUT2D eigenvalue weighted by Crippen LogP contribution is 2.23. The Morgan fingerprint density at radius 3 is 2.86 bits per heavy atom. The molecule has 1 fully saturated rings. The quantitative estimate of drug-likeness (QED) is 0.640. The van der Waals surface area contributed by atoms with Crippen LogP contribution in [0.4, 0.5) is 0 Å². The molecule has 1 aliphatic rings. The van der Waals surface area contributed by atoms with E-state index in [1.54, 1.807) is 0 Å². The maximum absolute atomic E-state index is 12.4. The Hall–Kier alpha value is -2.83. The van der Waals surface area contributed by atoms with E-state index in [2.05, 4.69) is 15.0 Å². The van der Waals surface area contributed by atoms with Crippen LogP contribution in [0.3, 0.4) is 0 Å². The molecule has 7 nitrogen and oxygen atoms in total. The van der Waals surface area contributed by atoms with E-state index < -0.39 is 0 Å². The molecule has 1 amide bonds. The summed E-state index contributed by atoms with van der Waals surface area (Å²) in [5.74, 6) is 0.941. The summed E-state index contributed by atoms with van der Waals surface area (Å²) in [6.07, 6.45) is 7.20. The number of nitrogens with zero attached hydrogens (tertiary/aromatic N) is 2. The highest BCUT2D eigenvalue weighted by molar-refractivity contribution is 5.90. The van der Waals surface area contributed by atoms with Crippen molar-refractivity contribution < 1.29 is 9.53 Å². The van der Waals surface area contributed by atoms with Crippen molar-refractivity contribution in [1.82, 2.24) is 19.9 Å². The molecule has 0 atom stereocenters. The van der Waals surface area contributed by atoms with Crippen molar-refractivity contribution in [2.45, 2.75) is 51.0 Å². The molecular formula is C21H26N4O3. The summed E-state index contributed by atoms with van der Waals surface area (Å²) in [5, 5.41) is 0.897. The van der Waals surface area contributed by atoms with Gasteiger partial charge in [0.05, 0.1) is 17.6 Å². The molecule has 0 spiro atoms. The van der Waals surface area contributed by atoms with Gasteiger partial charge in [-0.1, -0.05) is 19.3 Å². The van der Waals surface area contributed by atoms with E-state index in [-0.39, 0.29) is 11.6 Å². The summed E-state index contributed by atoms with van der Waals surface area (Å²) in [4.78, 5) is 35.5. The van der Waals surface area contributed by atoms with Gasteiger partial charge in [0.1, 0.15) is 5.75 Å². The van der Waals surface area contributed by atoms with Crippen LogP contribution in [0.1, 0.15) is 44.9 Å². The first-order chi connectivity index (χ1) is 13.6. The molecule has 0 radical (unpaired) electrons. The van der Waals surface area contributed by atoms with E-state index in [4.69, 9.17) is 4.74 Å². The molecule has 4 rings (SSSR count). The number of carbonyl (C=O) groups excluding carboxylic acids is 1. The summed E-state index contributed by atoms with van der Waals surface area (Å²) in [6, 6.07) is 7.93. The zero-order valence-electron chi connectivity index (χ0n) is 16.2. The molecule has 2 heterocycles.